The van der Waals surface area contributed by atoms with Gasteiger partial charge in [-0.2, -0.15) is 0 Å². The van der Waals surface area contributed by atoms with Crippen molar-refractivity contribution in [3.05, 3.63) is 71.0 Å². The molecule has 0 unspecified atom stereocenters. The van der Waals surface area contributed by atoms with Gasteiger partial charge in [0.05, 0.1) is 5.75 Å². The number of hydrogen-bond donors (Lipinski definition) is 1. The summed E-state index contributed by atoms with van der Waals surface area (Å²) in [6.45, 7) is 7.00. The van der Waals surface area contributed by atoms with E-state index >= 15 is 0 Å². The molecule has 0 aliphatic heterocycles. The molecule has 0 aliphatic rings. The Labute approximate surface area is 189 Å². The third-order valence-corrected chi connectivity index (χ3v) is 6.22. The van der Waals surface area contributed by atoms with Gasteiger partial charge in [-0.05, 0) is 42.5 Å². The topological polar surface area (TPSA) is 49.4 Å². The van der Waals surface area contributed by atoms with E-state index in [0.29, 0.717) is 30.8 Å². The van der Waals surface area contributed by atoms with Crippen LogP contribution >= 0.6 is 11.8 Å². The first-order valence-electron chi connectivity index (χ1n) is 10.9. The number of carbonyl (C=O) groups excluding carboxylic acids is 2. The van der Waals surface area contributed by atoms with Crippen molar-refractivity contribution in [3.63, 3.8) is 0 Å². The minimum absolute atomic E-state index is 0.109. The normalized spacial score (nSPS) is 11.7. The zero-order chi connectivity index (χ0) is 22.6. The average molecular weight is 445 g/mol. The molecular weight excluding hydrogens is 411 g/mol. The molecule has 0 radical (unpaired) electrons. The van der Waals surface area contributed by atoms with Crippen LogP contribution in [0.15, 0.2) is 48.5 Å². The Balaban J connectivity index is 2.13. The number of halogens is 1. The Morgan fingerprint density at radius 3 is 2.39 bits per heavy atom. The highest BCUT2D eigenvalue weighted by Crippen LogP contribution is 2.19. The molecule has 2 aromatic carbocycles. The van der Waals surface area contributed by atoms with Gasteiger partial charge in [-0.1, -0.05) is 62.7 Å². The van der Waals surface area contributed by atoms with Gasteiger partial charge in [0.2, 0.25) is 11.8 Å². The summed E-state index contributed by atoms with van der Waals surface area (Å²) >= 11 is 1.37. The molecule has 6 heteroatoms. The van der Waals surface area contributed by atoms with Crippen molar-refractivity contribution in [2.24, 2.45) is 0 Å². The third-order valence-electron chi connectivity index (χ3n) is 5.26. The fourth-order valence-corrected chi connectivity index (χ4v) is 4.24. The quantitative estimate of drug-likeness (QED) is 0.464. The van der Waals surface area contributed by atoms with Gasteiger partial charge in [0.1, 0.15) is 11.9 Å². The molecule has 2 rings (SSSR count). The smallest absolute Gasteiger partial charge is 0.242 e. The van der Waals surface area contributed by atoms with Crippen LogP contribution in [0.5, 0.6) is 0 Å². The number of hydrogen-bond acceptors (Lipinski definition) is 3. The molecule has 0 heterocycles. The zero-order valence-electron chi connectivity index (χ0n) is 18.7. The van der Waals surface area contributed by atoms with E-state index in [0.717, 1.165) is 24.0 Å². The van der Waals surface area contributed by atoms with Gasteiger partial charge in [-0.3, -0.25) is 9.59 Å². The second kappa shape index (κ2) is 13.2. The molecule has 0 spiro atoms. The van der Waals surface area contributed by atoms with E-state index in [4.69, 9.17) is 0 Å². The minimum atomic E-state index is -0.530. The maximum absolute atomic E-state index is 13.9. The van der Waals surface area contributed by atoms with Crippen molar-refractivity contribution in [1.29, 1.82) is 0 Å². The van der Waals surface area contributed by atoms with Crippen LogP contribution in [0.3, 0.4) is 0 Å². The number of carbonyl (C=O) groups is 2. The number of benzene rings is 2. The number of nitrogens with zero attached hydrogens (tertiary/aromatic N) is 1. The largest absolute Gasteiger partial charge is 0.354 e. The van der Waals surface area contributed by atoms with Crippen LogP contribution in [0, 0.1) is 12.7 Å². The Morgan fingerprint density at radius 2 is 1.74 bits per heavy atom. The summed E-state index contributed by atoms with van der Waals surface area (Å²) in [6.07, 6.45) is 2.44. The lowest BCUT2D eigenvalue weighted by atomic mass is 10.1. The molecule has 2 amide bonds. The van der Waals surface area contributed by atoms with Crippen LogP contribution in [0.25, 0.3) is 0 Å². The van der Waals surface area contributed by atoms with Gasteiger partial charge in [-0.15, -0.1) is 11.8 Å². The number of rotatable bonds is 12. The molecule has 0 fully saturated rings. The van der Waals surface area contributed by atoms with Crippen molar-refractivity contribution in [2.75, 3.05) is 12.3 Å². The van der Waals surface area contributed by atoms with Crippen LogP contribution in [0.4, 0.5) is 4.39 Å². The van der Waals surface area contributed by atoms with Crippen molar-refractivity contribution in [3.8, 4) is 0 Å². The number of aryl methyl sites for hydroxylation is 1. The van der Waals surface area contributed by atoms with Crippen molar-refractivity contribution in [1.82, 2.24) is 10.2 Å². The van der Waals surface area contributed by atoms with Crippen molar-refractivity contribution < 1.29 is 14.0 Å². The molecule has 4 nitrogen and oxygen atoms in total. The van der Waals surface area contributed by atoms with E-state index in [1.165, 1.54) is 17.8 Å². The fourth-order valence-electron chi connectivity index (χ4n) is 3.34. The zero-order valence-corrected chi connectivity index (χ0v) is 19.5. The highest BCUT2D eigenvalue weighted by Gasteiger charge is 2.28. The van der Waals surface area contributed by atoms with Crippen molar-refractivity contribution in [2.45, 2.75) is 58.4 Å². The summed E-state index contributed by atoms with van der Waals surface area (Å²) < 4.78 is 13.9. The van der Waals surface area contributed by atoms with Crippen LogP contribution in [-0.2, 0) is 21.9 Å². The van der Waals surface area contributed by atoms with E-state index in [9.17, 15) is 14.0 Å². The lowest BCUT2D eigenvalue weighted by Gasteiger charge is -2.31. The Hall–Kier alpha value is -2.34. The van der Waals surface area contributed by atoms with Crippen LogP contribution in [0.1, 0.15) is 49.8 Å². The molecule has 168 valence electrons. The highest BCUT2D eigenvalue weighted by molar-refractivity contribution is 7.99. The molecule has 2 aromatic rings. The summed E-state index contributed by atoms with van der Waals surface area (Å²) in [7, 11) is 0. The second-order valence-electron chi connectivity index (χ2n) is 7.60. The number of nitrogens with one attached hydrogen (secondary N) is 1. The van der Waals surface area contributed by atoms with E-state index in [-0.39, 0.29) is 23.4 Å². The molecule has 0 saturated heterocycles. The lowest BCUT2D eigenvalue weighted by Crippen LogP contribution is -2.49. The Morgan fingerprint density at radius 1 is 1.06 bits per heavy atom. The van der Waals surface area contributed by atoms with Gasteiger partial charge in [-0.25, -0.2) is 4.39 Å². The monoisotopic (exact) mass is 444 g/mol. The molecule has 31 heavy (non-hydrogen) atoms. The van der Waals surface area contributed by atoms with E-state index in [1.54, 1.807) is 23.1 Å². The van der Waals surface area contributed by atoms with E-state index in [2.05, 4.69) is 12.2 Å². The van der Waals surface area contributed by atoms with Gasteiger partial charge in [0.15, 0.2) is 0 Å². The van der Waals surface area contributed by atoms with Gasteiger partial charge >= 0.3 is 0 Å². The minimum Gasteiger partial charge on any atom is -0.354 e. The second-order valence-corrected chi connectivity index (χ2v) is 8.59. The molecule has 0 aromatic heterocycles. The van der Waals surface area contributed by atoms with Crippen molar-refractivity contribution >= 4 is 23.6 Å². The first-order chi connectivity index (χ1) is 15.0. The average Bonchev–Trinajstić information content (AvgIpc) is 2.76. The molecular formula is C25H33FN2O2S. The first-order valence-corrected chi connectivity index (χ1v) is 12.1. The molecule has 0 aliphatic carbocycles. The summed E-state index contributed by atoms with van der Waals surface area (Å²) in [4.78, 5) is 27.7. The van der Waals surface area contributed by atoms with E-state index < -0.39 is 6.04 Å². The summed E-state index contributed by atoms with van der Waals surface area (Å²) in [5.41, 5.74) is 2.69. The van der Waals surface area contributed by atoms with Gasteiger partial charge < -0.3 is 10.2 Å². The van der Waals surface area contributed by atoms with Crippen LogP contribution in [0.2, 0.25) is 0 Å². The predicted molar refractivity (Wildman–Crippen MR) is 126 cm³/mol. The predicted octanol–water partition coefficient (Wildman–Crippen LogP) is 5.09. The van der Waals surface area contributed by atoms with Crippen LogP contribution < -0.4 is 5.32 Å². The molecule has 1 N–H and O–H groups in total. The van der Waals surface area contributed by atoms with Gasteiger partial charge in [0, 0.05) is 18.8 Å². The maximum Gasteiger partial charge on any atom is 0.242 e. The van der Waals surface area contributed by atoms with Gasteiger partial charge in [0.25, 0.3) is 0 Å². The standard InChI is InChI=1S/C25H33FN2O2S/c1-4-6-15-27-25(30)23(5-2)28(16-20-12-8-7-11-19(20)3)24(29)18-31-17-21-13-9-10-14-22(21)26/h7-14,23H,4-6,15-18H2,1-3H3,(H,27,30)/t23-/m1/s1. The Bertz CT molecular complexity index is 859. The summed E-state index contributed by atoms with van der Waals surface area (Å²) in [5, 5.41) is 2.97. The summed E-state index contributed by atoms with van der Waals surface area (Å²) in [5.74, 6) is 0.120. The highest BCUT2D eigenvalue weighted by atomic mass is 32.2. The van der Waals surface area contributed by atoms with Crippen LogP contribution in [-0.4, -0.2) is 35.1 Å². The number of amides is 2. The number of unbranched alkanes of at least 4 members (excludes halogenated alkanes) is 1. The Kier molecular flexibility index (Phi) is 10.6. The lowest BCUT2D eigenvalue weighted by molar-refractivity contribution is -0.139. The fraction of sp³-hybridized carbons (Fsp3) is 0.440. The number of thioether (sulfide) groups is 1. The molecule has 0 bridgehead atoms. The van der Waals surface area contributed by atoms with E-state index in [1.807, 2.05) is 38.1 Å². The summed E-state index contributed by atoms with van der Waals surface area (Å²) in [6, 6.07) is 14.0. The molecule has 1 atom stereocenters. The molecule has 0 saturated carbocycles. The SMILES string of the molecule is CCCCNC(=O)[C@@H](CC)N(Cc1ccccc1C)C(=O)CSCc1ccccc1F. The third kappa shape index (κ3) is 7.69. The maximum atomic E-state index is 13.9. The first kappa shape index (κ1) is 24.9.